The average molecular weight is 368 g/mol. The molecule has 0 spiro atoms. The zero-order valence-corrected chi connectivity index (χ0v) is 14.6. The van der Waals surface area contributed by atoms with Crippen LogP contribution in [0.4, 0.5) is 13.9 Å². The number of hydrogen-bond acceptors (Lipinski definition) is 6. The molecule has 3 heterocycles. The minimum absolute atomic E-state index is 0.0759. The van der Waals surface area contributed by atoms with Crippen molar-refractivity contribution in [3.05, 3.63) is 35.1 Å². The molecular formula is C16H18F2N4O2S. The Morgan fingerprint density at radius 1 is 1.48 bits per heavy atom. The first-order valence-corrected chi connectivity index (χ1v) is 8.67. The molecule has 1 aliphatic heterocycles. The van der Waals surface area contributed by atoms with E-state index in [0.717, 1.165) is 17.8 Å². The Morgan fingerprint density at radius 3 is 2.96 bits per heavy atom. The van der Waals surface area contributed by atoms with Gasteiger partial charge in [-0.05, 0) is 19.1 Å². The first kappa shape index (κ1) is 17.7. The van der Waals surface area contributed by atoms with Gasteiger partial charge in [0.2, 0.25) is 17.8 Å². The molecule has 0 unspecified atom stereocenters. The maximum absolute atomic E-state index is 14.0. The van der Waals surface area contributed by atoms with Gasteiger partial charge in [0.05, 0.1) is 11.1 Å². The van der Waals surface area contributed by atoms with Crippen LogP contribution in [0.25, 0.3) is 0 Å². The van der Waals surface area contributed by atoms with E-state index in [1.54, 1.807) is 0 Å². The van der Waals surface area contributed by atoms with Crippen molar-refractivity contribution >= 4 is 22.4 Å². The highest BCUT2D eigenvalue weighted by Gasteiger charge is 2.31. The maximum atomic E-state index is 14.0. The smallest absolute Gasteiger partial charge is 0.230 e. The van der Waals surface area contributed by atoms with Gasteiger partial charge in [0.15, 0.2) is 5.13 Å². The summed E-state index contributed by atoms with van der Waals surface area (Å²) in [5.41, 5.74) is 0. The van der Waals surface area contributed by atoms with E-state index in [2.05, 4.69) is 20.2 Å². The maximum Gasteiger partial charge on any atom is 0.230 e. The number of pyridine rings is 1. The molecule has 0 aliphatic carbocycles. The van der Waals surface area contributed by atoms with Gasteiger partial charge in [-0.1, -0.05) is 11.3 Å². The molecule has 2 aromatic heterocycles. The molecule has 0 bridgehead atoms. The molecule has 2 aromatic rings. The van der Waals surface area contributed by atoms with Crippen LogP contribution in [0.15, 0.2) is 18.3 Å². The summed E-state index contributed by atoms with van der Waals surface area (Å²) < 4.78 is 32.6. The fourth-order valence-electron chi connectivity index (χ4n) is 2.79. The molecular weight excluding hydrogens is 350 g/mol. The largest absolute Gasteiger partial charge is 0.487 e. The Bertz CT molecular complexity index is 753. The second kappa shape index (κ2) is 7.40. The van der Waals surface area contributed by atoms with Crippen molar-refractivity contribution in [2.24, 2.45) is 0 Å². The van der Waals surface area contributed by atoms with E-state index in [1.807, 2.05) is 6.92 Å². The lowest BCUT2D eigenvalue weighted by atomic mass is 10.2. The van der Waals surface area contributed by atoms with Gasteiger partial charge in [0, 0.05) is 32.5 Å². The predicted octanol–water partition coefficient (Wildman–Crippen LogP) is 2.82. The third kappa shape index (κ3) is 4.49. The van der Waals surface area contributed by atoms with Crippen molar-refractivity contribution in [2.45, 2.75) is 39.0 Å². The molecule has 0 aromatic carbocycles. The van der Waals surface area contributed by atoms with Gasteiger partial charge < -0.3 is 10.1 Å². The zero-order valence-electron chi connectivity index (χ0n) is 13.8. The SMILES string of the molecule is CC(=O)Nc1nc(F)c(CN2C[C@H](Oc3ccc(F)nc3)C[C@@H]2C)s1. The van der Waals surface area contributed by atoms with E-state index < -0.39 is 11.9 Å². The number of hydrogen-bond donors (Lipinski definition) is 1. The molecule has 1 amide bonds. The quantitative estimate of drug-likeness (QED) is 0.822. The molecule has 0 radical (unpaired) electrons. The highest BCUT2D eigenvalue weighted by molar-refractivity contribution is 7.15. The van der Waals surface area contributed by atoms with Crippen LogP contribution in [0.5, 0.6) is 5.75 Å². The van der Waals surface area contributed by atoms with Crippen molar-refractivity contribution < 1.29 is 18.3 Å². The number of aromatic nitrogens is 2. The number of amides is 1. The number of rotatable bonds is 5. The van der Waals surface area contributed by atoms with Crippen LogP contribution in [0, 0.1) is 11.9 Å². The summed E-state index contributed by atoms with van der Waals surface area (Å²) in [6.45, 7) is 4.41. The lowest BCUT2D eigenvalue weighted by Gasteiger charge is -2.19. The van der Waals surface area contributed by atoms with E-state index in [4.69, 9.17) is 4.74 Å². The Labute approximate surface area is 147 Å². The van der Waals surface area contributed by atoms with Gasteiger partial charge >= 0.3 is 0 Å². The Balaban J connectivity index is 1.61. The van der Waals surface area contributed by atoms with Gasteiger partial charge in [-0.25, -0.2) is 4.98 Å². The van der Waals surface area contributed by atoms with Crippen LogP contribution in [0.1, 0.15) is 25.1 Å². The van der Waals surface area contributed by atoms with Crippen LogP contribution in [-0.2, 0) is 11.3 Å². The van der Waals surface area contributed by atoms with Crippen molar-refractivity contribution in [1.82, 2.24) is 14.9 Å². The summed E-state index contributed by atoms with van der Waals surface area (Å²) in [6, 6.07) is 2.99. The van der Waals surface area contributed by atoms with Crippen LogP contribution in [0.2, 0.25) is 0 Å². The molecule has 25 heavy (non-hydrogen) atoms. The minimum atomic E-state index is -0.562. The summed E-state index contributed by atoms with van der Waals surface area (Å²) in [4.78, 5) is 20.9. The average Bonchev–Trinajstić information content (AvgIpc) is 3.04. The molecule has 9 heteroatoms. The van der Waals surface area contributed by atoms with Crippen molar-refractivity contribution in [3.8, 4) is 5.75 Å². The summed E-state index contributed by atoms with van der Waals surface area (Å²) in [7, 11) is 0. The van der Waals surface area contributed by atoms with Gasteiger partial charge in [-0.3, -0.25) is 9.69 Å². The normalized spacial score (nSPS) is 20.6. The van der Waals surface area contributed by atoms with Crippen molar-refractivity contribution in [3.63, 3.8) is 0 Å². The number of thiazole rings is 1. The highest BCUT2D eigenvalue weighted by atomic mass is 32.1. The summed E-state index contributed by atoms with van der Waals surface area (Å²) >= 11 is 1.13. The fourth-order valence-corrected chi connectivity index (χ4v) is 3.71. The van der Waals surface area contributed by atoms with Crippen molar-refractivity contribution in [1.29, 1.82) is 0 Å². The van der Waals surface area contributed by atoms with Crippen LogP contribution < -0.4 is 10.1 Å². The minimum Gasteiger partial charge on any atom is -0.487 e. The van der Waals surface area contributed by atoms with E-state index in [0.29, 0.717) is 23.7 Å². The number of anilines is 1. The third-order valence-corrected chi connectivity index (χ3v) is 4.88. The number of ether oxygens (including phenoxy) is 1. The number of carbonyl (C=O) groups is 1. The molecule has 3 rings (SSSR count). The Morgan fingerprint density at radius 2 is 2.28 bits per heavy atom. The number of carbonyl (C=O) groups excluding carboxylic acids is 1. The van der Waals surface area contributed by atoms with E-state index in [-0.39, 0.29) is 23.2 Å². The van der Waals surface area contributed by atoms with Gasteiger partial charge in [-0.2, -0.15) is 13.8 Å². The van der Waals surface area contributed by atoms with Gasteiger partial charge in [-0.15, -0.1) is 0 Å². The van der Waals surface area contributed by atoms with Crippen LogP contribution in [0.3, 0.4) is 0 Å². The lowest BCUT2D eigenvalue weighted by molar-refractivity contribution is -0.114. The first-order chi connectivity index (χ1) is 11.9. The van der Waals surface area contributed by atoms with E-state index in [9.17, 15) is 13.6 Å². The number of halogens is 2. The number of likely N-dealkylation sites (tertiary alicyclic amines) is 1. The predicted molar refractivity (Wildman–Crippen MR) is 89.5 cm³/mol. The fraction of sp³-hybridized carbons (Fsp3) is 0.438. The molecule has 6 nitrogen and oxygen atoms in total. The highest BCUT2D eigenvalue weighted by Crippen LogP contribution is 2.28. The Kier molecular flexibility index (Phi) is 5.24. The van der Waals surface area contributed by atoms with E-state index in [1.165, 1.54) is 25.3 Å². The third-order valence-electron chi connectivity index (χ3n) is 3.95. The van der Waals surface area contributed by atoms with Crippen LogP contribution in [-0.4, -0.2) is 39.5 Å². The second-order valence-electron chi connectivity index (χ2n) is 5.98. The topological polar surface area (TPSA) is 67.4 Å². The second-order valence-corrected chi connectivity index (χ2v) is 7.07. The molecule has 1 aliphatic rings. The zero-order chi connectivity index (χ0) is 18.0. The van der Waals surface area contributed by atoms with Gasteiger partial charge in [0.1, 0.15) is 11.9 Å². The van der Waals surface area contributed by atoms with E-state index >= 15 is 0 Å². The number of nitrogens with zero attached hydrogens (tertiary/aromatic N) is 3. The molecule has 1 fully saturated rings. The number of nitrogens with one attached hydrogen (secondary N) is 1. The molecule has 2 atom stereocenters. The molecule has 1 N–H and O–H groups in total. The summed E-state index contributed by atoms with van der Waals surface area (Å²) in [6.07, 6.45) is 2.05. The molecule has 1 saturated heterocycles. The van der Waals surface area contributed by atoms with Gasteiger partial charge in [0.25, 0.3) is 0 Å². The summed E-state index contributed by atoms with van der Waals surface area (Å²) in [5, 5.41) is 2.76. The lowest BCUT2D eigenvalue weighted by Crippen LogP contribution is -2.28. The standard InChI is InChI=1S/C16H18F2N4O2S/c1-9-5-12(24-11-3-4-14(17)19-6-11)7-22(9)8-13-15(18)21-16(25-13)20-10(2)23/h3-4,6,9,12H,5,7-8H2,1-2H3,(H,20,21,23)/t9-,12+/m0/s1. The van der Waals surface area contributed by atoms with Crippen molar-refractivity contribution in [2.75, 3.05) is 11.9 Å². The first-order valence-electron chi connectivity index (χ1n) is 7.85. The molecule has 134 valence electrons. The molecule has 0 saturated carbocycles. The summed E-state index contributed by atoms with van der Waals surface area (Å²) in [5.74, 6) is -0.883. The Hall–Kier alpha value is -2.13. The van der Waals surface area contributed by atoms with Crippen LogP contribution >= 0.6 is 11.3 Å². The monoisotopic (exact) mass is 368 g/mol.